The second-order valence-corrected chi connectivity index (χ2v) is 6.27. The number of hydrogen-bond donors (Lipinski definition) is 1. The molecule has 23 heavy (non-hydrogen) atoms. The average Bonchev–Trinajstić information content (AvgIpc) is 2.62. The summed E-state index contributed by atoms with van der Waals surface area (Å²) in [4.78, 5) is 24.8. The van der Waals surface area contributed by atoms with Crippen molar-refractivity contribution in [2.45, 2.75) is 32.1 Å². The van der Waals surface area contributed by atoms with Crippen LogP contribution in [0.2, 0.25) is 0 Å². The van der Waals surface area contributed by atoms with Crippen LogP contribution in [-0.2, 0) is 9.53 Å². The van der Waals surface area contributed by atoms with Crippen LogP contribution < -0.4 is 15.5 Å². The minimum absolute atomic E-state index is 0.0131. The van der Waals surface area contributed by atoms with Gasteiger partial charge in [0.25, 0.3) is 0 Å². The van der Waals surface area contributed by atoms with E-state index in [1.54, 1.807) is 6.33 Å². The molecule has 2 fully saturated rings. The molecule has 0 radical (unpaired) electrons. The number of hydrogen-bond acceptors (Lipinski definition) is 7. The van der Waals surface area contributed by atoms with E-state index in [1.807, 2.05) is 0 Å². The summed E-state index contributed by atoms with van der Waals surface area (Å²) in [5.41, 5.74) is 7.02. The Morgan fingerprint density at radius 1 is 1.09 bits per heavy atom. The lowest BCUT2D eigenvalue weighted by molar-refractivity contribution is -0.146. The molecule has 0 amide bonds. The number of nitrogen functional groups attached to an aromatic ring is 1. The third-order valence-electron chi connectivity index (χ3n) is 4.83. The van der Waals surface area contributed by atoms with Crippen molar-refractivity contribution < 1.29 is 9.53 Å². The van der Waals surface area contributed by atoms with Gasteiger partial charge in [-0.3, -0.25) is 4.79 Å². The van der Waals surface area contributed by atoms with Crippen LogP contribution in [-0.4, -0.2) is 49.2 Å². The number of anilines is 3. The van der Waals surface area contributed by atoms with Crippen LogP contribution in [0.5, 0.6) is 0 Å². The monoisotopic (exact) mass is 319 g/mol. The Kier molecular flexibility index (Phi) is 4.83. The molecule has 7 nitrogen and oxygen atoms in total. The maximum Gasteiger partial charge on any atom is 0.308 e. The quantitative estimate of drug-likeness (QED) is 0.844. The van der Waals surface area contributed by atoms with Gasteiger partial charge in [-0.25, -0.2) is 9.97 Å². The molecule has 0 bridgehead atoms. The van der Waals surface area contributed by atoms with E-state index in [1.165, 1.54) is 26.4 Å². The van der Waals surface area contributed by atoms with Crippen LogP contribution >= 0.6 is 0 Å². The lowest BCUT2D eigenvalue weighted by Crippen LogP contribution is -2.38. The van der Waals surface area contributed by atoms with Crippen molar-refractivity contribution in [3.05, 3.63) is 6.33 Å². The molecule has 0 atom stereocenters. The standard InChI is InChI=1S/C16H25N5O2/c1-23-16(22)12-5-9-21(10-6-12)15-13(17)14(18-11-19-15)20-7-3-2-4-8-20/h11-12H,2-10,17H2,1H3. The Hall–Kier alpha value is -2.05. The highest BCUT2D eigenvalue weighted by molar-refractivity contribution is 5.77. The Morgan fingerprint density at radius 2 is 1.65 bits per heavy atom. The van der Waals surface area contributed by atoms with E-state index in [-0.39, 0.29) is 11.9 Å². The van der Waals surface area contributed by atoms with E-state index in [0.29, 0.717) is 5.69 Å². The summed E-state index contributed by atoms with van der Waals surface area (Å²) in [6, 6.07) is 0. The summed E-state index contributed by atoms with van der Waals surface area (Å²) in [7, 11) is 1.45. The molecule has 3 heterocycles. The lowest BCUT2D eigenvalue weighted by atomic mass is 9.97. The van der Waals surface area contributed by atoms with Crippen molar-refractivity contribution in [1.82, 2.24) is 9.97 Å². The van der Waals surface area contributed by atoms with Gasteiger partial charge in [0.05, 0.1) is 13.0 Å². The molecule has 0 spiro atoms. The number of aromatic nitrogens is 2. The van der Waals surface area contributed by atoms with Gasteiger partial charge in [-0.05, 0) is 32.1 Å². The molecule has 126 valence electrons. The van der Waals surface area contributed by atoms with Crippen LogP contribution in [0.25, 0.3) is 0 Å². The number of carbonyl (C=O) groups excluding carboxylic acids is 1. The number of methoxy groups -OCH3 is 1. The smallest absolute Gasteiger partial charge is 0.308 e. The predicted molar refractivity (Wildman–Crippen MR) is 89.5 cm³/mol. The van der Waals surface area contributed by atoms with Gasteiger partial charge in [-0.1, -0.05) is 0 Å². The molecule has 7 heteroatoms. The zero-order valence-corrected chi connectivity index (χ0v) is 13.7. The summed E-state index contributed by atoms with van der Waals surface area (Å²) in [5, 5.41) is 0. The van der Waals surface area contributed by atoms with Gasteiger partial charge in [0.1, 0.15) is 12.0 Å². The highest BCUT2D eigenvalue weighted by atomic mass is 16.5. The molecule has 1 aromatic heterocycles. The summed E-state index contributed by atoms with van der Waals surface area (Å²) in [5.74, 6) is 1.52. The van der Waals surface area contributed by atoms with Crippen LogP contribution in [0.15, 0.2) is 6.33 Å². The molecule has 0 saturated carbocycles. The van der Waals surface area contributed by atoms with Crippen LogP contribution in [0.4, 0.5) is 17.3 Å². The number of nitrogens with two attached hydrogens (primary N) is 1. The van der Waals surface area contributed by atoms with Crippen molar-refractivity contribution in [1.29, 1.82) is 0 Å². The van der Waals surface area contributed by atoms with E-state index in [2.05, 4.69) is 19.8 Å². The van der Waals surface area contributed by atoms with E-state index >= 15 is 0 Å². The second-order valence-electron chi connectivity index (χ2n) is 6.27. The molecule has 0 unspecified atom stereocenters. The fraction of sp³-hybridized carbons (Fsp3) is 0.688. The van der Waals surface area contributed by atoms with Gasteiger partial charge in [-0.15, -0.1) is 0 Å². The number of nitrogens with zero attached hydrogens (tertiary/aromatic N) is 4. The molecule has 2 aliphatic rings. The fourth-order valence-corrected chi connectivity index (χ4v) is 3.48. The van der Waals surface area contributed by atoms with Gasteiger partial charge in [0, 0.05) is 26.2 Å². The molecule has 2 N–H and O–H groups in total. The van der Waals surface area contributed by atoms with Crippen LogP contribution in [0.1, 0.15) is 32.1 Å². The minimum Gasteiger partial charge on any atom is -0.469 e. The first-order chi connectivity index (χ1) is 11.2. The topological polar surface area (TPSA) is 84.6 Å². The molecular formula is C16H25N5O2. The molecule has 2 saturated heterocycles. The molecule has 1 aromatic rings. The van der Waals surface area contributed by atoms with E-state index in [0.717, 1.165) is 50.7 Å². The minimum atomic E-state index is -0.116. The first-order valence-corrected chi connectivity index (χ1v) is 8.39. The fourth-order valence-electron chi connectivity index (χ4n) is 3.48. The van der Waals surface area contributed by atoms with Crippen LogP contribution in [0, 0.1) is 5.92 Å². The predicted octanol–water partition coefficient (Wildman–Crippen LogP) is 1.44. The molecule has 2 aliphatic heterocycles. The summed E-state index contributed by atoms with van der Waals surface area (Å²) < 4.78 is 4.84. The highest BCUT2D eigenvalue weighted by Crippen LogP contribution is 2.32. The van der Waals surface area contributed by atoms with E-state index in [4.69, 9.17) is 10.5 Å². The Labute approximate surface area is 136 Å². The largest absolute Gasteiger partial charge is 0.469 e. The Balaban J connectivity index is 1.72. The molecule has 0 aromatic carbocycles. The highest BCUT2D eigenvalue weighted by Gasteiger charge is 2.28. The summed E-state index contributed by atoms with van der Waals surface area (Å²) in [6.07, 6.45) is 6.79. The maximum absolute atomic E-state index is 11.6. The van der Waals surface area contributed by atoms with Gasteiger partial charge >= 0.3 is 5.97 Å². The van der Waals surface area contributed by atoms with E-state index in [9.17, 15) is 4.79 Å². The van der Waals surface area contributed by atoms with Crippen molar-refractivity contribution in [2.24, 2.45) is 5.92 Å². The molecule has 3 rings (SSSR count). The number of piperidine rings is 2. The van der Waals surface area contributed by atoms with Gasteiger partial charge in [0.15, 0.2) is 11.6 Å². The van der Waals surface area contributed by atoms with Crippen molar-refractivity contribution in [2.75, 3.05) is 48.8 Å². The van der Waals surface area contributed by atoms with E-state index < -0.39 is 0 Å². The summed E-state index contributed by atoms with van der Waals surface area (Å²) >= 11 is 0. The number of rotatable bonds is 3. The zero-order valence-electron chi connectivity index (χ0n) is 13.7. The normalized spacial score (nSPS) is 19.7. The van der Waals surface area contributed by atoms with Crippen molar-refractivity contribution in [3.63, 3.8) is 0 Å². The first kappa shape index (κ1) is 15.8. The van der Waals surface area contributed by atoms with Crippen molar-refractivity contribution >= 4 is 23.3 Å². The van der Waals surface area contributed by atoms with Gasteiger partial charge in [0.2, 0.25) is 0 Å². The van der Waals surface area contributed by atoms with Crippen LogP contribution in [0.3, 0.4) is 0 Å². The molecular weight excluding hydrogens is 294 g/mol. The zero-order chi connectivity index (χ0) is 16.2. The Bertz CT molecular complexity index is 551. The van der Waals surface area contributed by atoms with Gasteiger partial charge in [-0.2, -0.15) is 0 Å². The average molecular weight is 319 g/mol. The number of esters is 1. The molecule has 0 aliphatic carbocycles. The summed E-state index contributed by atoms with van der Waals surface area (Å²) in [6.45, 7) is 3.54. The third-order valence-corrected chi connectivity index (χ3v) is 4.83. The second kappa shape index (κ2) is 7.02. The number of carbonyl (C=O) groups is 1. The first-order valence-electron chi connectivity index (χ1n) is 8.39. The lowest BCUT2D eigenvalue weighted by Gasteiger charge is -2.34. The number of ether oxygens (including phenoxy) is 1. The van der Waals surface area contributed by atoms with Crippen molar-refractivity contribution in [3.8, 4) is 0 Å². The maximum atomic E-state index is 11.6. The van der Waals surface area contributed by atoms with Gasteiger partial charge < -0.3 is 20.3 Å². The third kappa shape index (κ3) is 3.33. The SMILES string of the molecule is COC(=O)C1CCN(c2ncnc(N3CCCCC3)c2N)CC1. The Morgan fingerprint density at radius 3 is 2.22 bits per heavy atom.